The molecule has 0 spiro atoms. The van der Waals surface area contributed by atoms with Gasteiger partial charge in [-0.3, -0.25) is 14.6 Å². The molecule has 0 amide bonds. The molecule has 7 heteroatoms. The fourth-order valence-electron chi connectivity index (χ4n) is 6.47. The number of methoxy groups -OCH3 is 2. The highest BCUT2D eigenvalue weighted by Gasteiger charge is 2.45. The van der Waals surface area contributed by atoms with Crippen LogP contribution in [0.1, 0.15) is 53.9 Å². The lowest BCUT2D eigenvalue weighted by molar-refractivity contribution is -0.148. The number of allylic oxidation sites excluding steroid dienone is 2. The zero-order valence-corrected chi connectivity index (χ0v) is 26.3. The molecule has 46 heavy (non-hydrogen) atoms. The number of ketones is 1. The zero-order valence-electron chi connectivity index (χ0n) is 26.3. The van der Waals surface area contributed by atoms with Gasteiger partial charge in [0.25, 0.3) is 0 Å². The molecule has 0 N–H and O–H groups in total. The zero-order chi connectivity index (χ0) is 32.0. The Balaban J connectivity index is 1.38. The van der Waals surface area contributed by atoms with Crippen molar-refractivity contribution in [2.75, 3.05) is 14.2 Å². The number of benzene rings is 4. The summed E-state index contributed by atoms with van der Waals surface area (Å²) in [5, 5.41) is 0. The summed E-state index contributed by atoms with van der Waals surface area (Å²) in [7, 11) is 3.20. The molecule has 4 aromatic carbocycles. The van der Waals surface area contributed by atoms with Gasteiger partial charge in [0.2, 0.25) is 0 Å². The van der Waals surface area contributed by atoms with Crippen LogP contribution in [0.2, 0.25) is 0 Å². The van der Waals surface area contributed by atoms with E-state index in [0.717, 1.165) is 22.3 Å². The van der Waals surface area contributed by atoms with Crippen LogP contribution >= 0.6 is 0 Å². The van der Waals surface area contributed by atoms with E-state index in [4.69, 9.17) is 23.9 Å². The van der Waals surface area contributed by atoms with Crippen molar-refractivity contribution < 1.29 is 28.5 Å². The molecule has 0 saturated carbocycles. The summed E-state index contributed by atoms with van der Waals surface area (Å²) in [6, 6.07) is 32.9. The van der Waals surface area contributed by atoms with Gasteiger partial charge < -0.3 is 18.9 Å². The van der Waals surface area contributed by atoms with E-state index in [9.17, 15) is 9.59 Å². The summed E-state index contributed by atoms with van der Waals surface area (Å²) in [6.45, 7) is 2.33. The number of hydrogen-bond acceptors (Lipinski definition) is 7. The molecular weight excluding hydrogens is 578 g/mol. The maximum Gasteiger partial charge on any atom is 0.315 e. The number of hydrogen-bond donors (Lipinski definition) is 0. The Kier molecular flexibility index (Phi) is 9.29. The molecular formula is C39H37NO6. The first-order valence-electron chi connectivity index (χ1n) is 15.5. The molecule has 0 bridgehead atoms. The van der Waals surface area contributed by atoms with Crippen molar-refractivity contribution in [2.45, 2.75) is 44.8 Å². The van der Waals surface area contributed by atoms with Gasteiger partial charge in [-0.1, -0.05) is 84.9 Å². The van der Waals surface area contributed by atoms with Crippen molar-refractivity contribution in [1.29, 1.82) is 0 Å². The average molecular weight is 616 g/mol. The second kappa shape index (κ2) is 13.9. The highest BCUT2D eigenvalue weighted by Crippen LogP contribution is 2.49. The third-order valence-corrected chi connectivity index (χ3v) is 8.74. The maximum atomic E-state index is 14.2. The number of ether oxygens (including phenoxy) is 4. The van der Waals surface area contributed by atoms with Crippen LogP contribution in [0.4, 0.5) is 0 Å². The first-order chi connectivity index (χ1) is 22.5. The first kappa shape index (κ1) is 30.8. The van der Waals surface area contributed by atoms with Crippen molar-refractivity contribution in [1.82, 2.24) is 0 Å². The third kappa shape index (κ3) is 6.45. The van der Waals surface area contributed by atoms with Crippen molar-refractivity contribution in [3.63, 3.8) is 0 Å². The van der Waals surface area contributed by atoms with Crippen LogP contribution in [-0.4, -0.2) is 31.7 Å². The summed E-state index contributed by atoms with van der Waals surface area (Å²) >= 11 is 0. The summed E-state index contributed by atoms with van der Waals surface area (Å²) in [4.78, 5) is 33.1. The van der Waals surface area contributed by atoms with Crippen LogP contribution in [0.15, 0.2) is 119 Å². The van der Waals surface area contributed by atoms with Crippen LogP contribution in [0.3, 0.4) is 0 Å². The van der Waals surface area contributed by atoms with Crippen molar-refractivity contribution in [3.05, 3.63) is 137 Å². The fraction of sp³-hybridized carbons (Fsp3) is 0.256. The highest BCUT2D eigenvalue weighted by molar-refractivity contribution is 6.09. The molecule has 4 aromatic rings. The molecule has 3 atom stereocenters. The van der Waals surface area contributed by atoms with Crippen LogP contribution < -0.4 is 14.2 Å². The molecule has 0 radical (unpaired) electrons. The van der Waals surface area contributed by atoms with Gasteiger partial charge in [0.1, 0.15) is 24.9 Å². The summed E-state index contributed by atoms with van der Waals surface area (Å²) in [5.41, 5.74) is 5.50. The normalized spacial score (nSPS) is 19.2. The molecule has 1 unspecified atom stereocenters. The molecule has 1 heterocycles. The lowest BCUT2D eigenvalue weighted by Gasteiger charge is -2.37. The number of carbonyl (C=O) groups is 2. The lowest BCUT2D eigenvalue weighted by Crippen LogP contribution is -2.38. The van der Waals surface area contributed by atoms with E-state index in [1.807, 2.05) is 110 Å². The van der Waals surface area contributed by atoms with E-state index >= 15 is 0 Å². The number of nitrogens with zero attached hydrogens (tertiary/aromatic N) is 1. The molecule has 1 aliphatic heterocycles. The Morgan fingerprint density at radius 1 is 0.761 bits per heavy atom. The second-order valence-electron chi connectivity index (χ2n) is 11.6. The predicted octanol–water partition coefficient (Wildman–Crippen LogP) is 7.60. The third-order valence-electron chi connectivity index (χ3n) is 8.74. The largest absolute Gasteiger partial charge is 0.493 e. The maximum absolute atomic E-state index is 14.2. The van der Waals surface area contributed by atoms with Gasteiger partial charge in [-0.25, -0.2) is 0 Å². The Hall–Kier alpha value is -5.17. The summed E-state index contributed by atoms with van der Waals surface area (Å²) < 4.78 is 23.2. The number of aliphatic imine (C=N–C) groups is 1. The van der Waals surface area contributed by atoms with E-state index < -0.39 is 17.8 Å². The van der Waals surface area contributed by atoms with Crippen LogP contribution in [0.5, 0.6) is 17.2 Å². The average Bonchev–Trinajstić information content (AvgIpc) is 3.09. The number of Topliss-reactive ketones (excluding diaryl/α,β-unsaturated/α-hetero) is 1. The molecule has 0 fully saturated rings. The van der Waals surface area contributed by atoms with Gasteiger partial charge in [0.15, 0.2) is 17.3 Å². The number of rotatable bonds is 10. The van der Waals surface area contributed by atoms with E-state index in [1.54, 1.807) is 14.2 Å². The molecule has 234 valence electrons. The Bertz CT molecular complexity index is 1780. The highest BCUT2D eigenvalue weighted by atomic mass is 16.5. The minimum absolute atomic E-state index is 0.0407. The van der Waals surface area contributed by atoms with Gasteiger partial charge in [-0.2, -0.15) is 0 Å². The number of carbonyl (C=O) groups excluding carboxylic acids is 2. The molecule has 6 rings (SSSR count). The van der Waals surface area contributed by atoms with Gasteiger partial charge in [0.05, 0.1) is 14.2 Å². The van der Waals surface area contributed by atoms with Gasteiger partial charge in [0, 0.05) is 34.9 Å². The van der Waals surface area contributed by atoms with Gasteiger partial charge in [-0.15, -0.1) is 0 Å². The number of para-hydroxylation sites is 1. The van der Waals surface area contributed by atoms with E-state index in [2.05, 4.69) is 0 Å². The van der Waals surface area contributed by atoms with Crippen LogP contribution in [-0.2, 0) is 27.5 Å². The molecule has 1 aliphatic carbocycles. The monoisotopic (exact) mass is 615 g/mol. The fourth-order valence-corrected chi connectivity index (χ4v) is 6.47. The van der Waals surface area contributed by atoms with Crippen molar-refractivity contribution >= 4 is 17.5 Å². The van der Waals surface area contributed by atoms with E-state index in [0.29, 0.717) is 47.3 Å². The van der Waals surface area contributed by atoms with Gasteiger partial charge in [-0.05, 0) is 54.2 Å². The standard InChI is InChI=1S/C39H37NO6/c1-25-36(39(42)46-24-27-14-8-5-9-15-27)37(30-16-10-11-17-33(30)45-23-26-12-6-4-7-13-26)38-31(40-25)20-29(21-32(38)41)28-18-19-34(43-2)35(22-28)44-3/h4-19,22,29,36-37H,20-21,23-24H2,1-3H3/t29-,36?,37-/m1/s1. The topological polar surface area (TPSA) is 83.4 Å². The second-order valence-corrected chi connectivity index (χ2v) is 11.6. The Morgan fingerprint density at radius 2 is 1.41 bits per heavy atom. The Labute approximate surface area is 269 Å². The lowest BCUT2D eigenvalue weighted by atomic mass is 9.69. The molecule has 0 saturated heterocycles. The van der Waals surface area contributed by atoms with Crippen molar-refractivity contribution in [2.24, 2.45) is 10.9 Å². The first-order valence-corrected chi connectivity index (χ1v) is 15.5. The Morgan fingerprint density at radius 3 is 2.11 bits per heavy atom. The summed E-state index contributed by atoms with van der Waals surface area (Å²) in [5.74, 6) is -0.103. The van der Waals surface area contributed by atoms with E-state index in [1.165, 1.54) is 0 Å². The van der Waals surface area contributed by atoms with Crippen molar-refractivity contribution in [3.8, 4) is 17.2 Å². The van der Waals surface area contributed by atoms with Crippen LogP contribution in [0.25, 0.3) is 0 Å². The quantitative estimate of drug-likeness (QED) is 0.171. The van der Waals surface area contributed by atoms with Gasteiger partial charge >= 0.3 is 5.97 Å². The predicted molar refractivity (Wildman–Crippen MR) is 176 cm³/mol. The molecule has 7 nitrogen and oxygen atoms in total. The minimum Gasteiger partial charge on any atom is -0.493 e. The summed E-state index contributed by atoms with van der Waals surface area (Å²) in [6.07, 6.45) is 0.821. The smallest absolute Gasteiger partial charge is 0.315 e. The number of esters is 1. The minimum atomic E-state index is -0.787. The molecule has 2 aliphatic rings. The van der Waals surface area contributed by atoms with Crippen LogP contribution in [0, 0.1) is 5.92 Å². The van der Waals surface area contributed by atoms with E-state index in [-0.39, 0.29) is 24.7 Å². The SMILES string of the molecule is COc1ccc([C@H]2CC(=O)C3=C(C2)N=C(C)C(C(=O)OCc2ccccc2)[C@H]3c2ccccc2OCc2ccccc2)cc1OC. The molecule has 0 aromatic heterocycles.